The molecule has 0 aliphatic rings. The van der Waals surface area contributed by atoms with Crippen LogP contribution < -0.4 is 15.4 Å². The zero-order valence-corrected chi connectivity index (χ0v) is 16.4. The van der Waals surface area contributed by atoms with Crippen LogP contribution in [0.2, 0.25) is 0 Å². The van der Waals surface area contributed by atoms with Gasteiger partial charge >= 0.3 is 0 Å². The number of ether oxygens (including phenoxy) is 1. The number of rotatable bonds is 7. The summed E-state index contributed by atoms with van der Waals surface area (Å²) in [6.45, 7) is 3.98. The third kappa shape index (κ3) is 5.84. The van der Waals surface area contributed by atoms with Crippen molar-refractivity contribution in [3.05, 3.63) is 95.2 Å². The topological polar surface area (TPSA) is 58.5 Å². The number of aromatic nitrogens is 1. The van der Waals surface area contributed by atoms with Gasteiger partial charge in [-0.2, -0.15) is 0 Å². The zero-order chi connectivity index (χ0) is 19.6. The smallest absolute Gasteiger partial charge is 0.213 e. The summed E-state index contributed by atoms with van der Waals surface area (Å²) in [7, 11) is 1.77. The standard InChI is InChI=1S/C23H26N4O/c1-18-8-6-7-11-21(18)16-27-23(24-2)26-15-20-12-13-25-22(14-20)28-17-19-9-4-3-5-10-19/h3-14H,15-17H2,1-2H3,(H2,24,26,27). The molecule has 28 heavy (non-hydrogen) atoms. The fraction of sp³-hybridized carbons (Fsp3) is 0.217. The first kappa shape index (κ1) is 19.4. The van der Waals surface area contributed by atoms with Crippen LogP contribution in [0.1, 0.15) is 22.3 Å². The number of hydrogen-bond acceptors (Lipinski definition) is 3. The van der Waals surface area contributed by atoms with Crippen LogP contribution >= 0.6 is 0 Å². The van der Waals surface area contributed by atoms with Crippen LogP contribution in [-0.2, 0) is 19.7 Å². The molecule has 3 aromatic rings. The molecule has 0 atom stereocenters. The van der Waals surface area contributed by atoms with Crippen molar-refractivity contribution in [3.8, 4) is 5.88 Å². The zero-order valence-electron chi connectivity index (χ0n) is 16.4. The molecular formula is C23H26N4O. The Bertz CT molecular complexity index is 909. The summed E-state index contributed by atoms with van der Waals surface area (Å²) in [4.78, 5) is 8.59. The lowest BCUT2D eigenvalue weighted by Gasteiger charge is -2.13. The first-order valence-electron chi connectivity index (χ1n) is 9.35. The number of aliphatic imine (C=N–C) groups is 1. The van der Waals surface area contributed by atoms with E-state index in [0.717, 1.165) is 23.6 Å². The summed E-state index contributed by atoms with van der Waals surface area (Å²) >= 11 is 0. The molecule has 0 aliphatic heterocycles. The first-order valence-corrected chi connectivity index (χ1v) is 9.35. The molecule has 144 valence electrons. The molecule has 1 heterocycles. The van der Waals surface area contributed by atoms with E-state index < -0.39 is 0 Å². The Kier molecular flexibility index (Phi) is 7.01. The molecule has 0 fully saturated rings. The van der Waals surface area contributed by atoms with E-state index in [0.29, 0.717) is 19.0 Å². The second kappa shape index (κ2) is 10.1. The second-order valence-corrected chi connectivity index (χ2v) is 6.48. The maximum absolute atomic E-state index is 5.80. The van der Waals surface area contributed by atoms with Crippen LogP contribution in [0.4, 0.5) is 0 Å². The highest BCUT2D eigenvalue weighted by Crippen LogP contribution is 2.12. The second-order valence-electron chi connectivity index (χ2n) is 6.48. The number of hydrogen-bond donors (Lipinski definition) is 2. The molecule has 5 heteroatoms. The van der Waals surface area contributed by atoms with Crippen molar-refractivity contribution in [2.45, 2.75) is 26.6 Å². The average molecular weight is 374 g/mol. The summed E-state index contributed by atoms with van der Waals surface area (Å²) in [5.74, 6) is 1.37. The minimum atomic E-state index is 0.504. The van der Waals surface area contributed by atoms with Crippen molar-refractivity contribution in [1.29, 1.82) is 0 Å². The van der Waals surface area contributed by atoms with Gasteiger partial charge in [-0.25, -0.2) is 4.98 Å². The SMILES string of the molecule is CN=C(NCc1ccnc(OCc2ccccc2)c1)NCc1ccccc1C. The molecule has 0 aliphatic carbocycles. The van der Waals surface area contributed by atoms with Crippen molar-refractivity contribution < 1.29 is 4.74 Å². The fourth-order valence-electron chi connectivity index (χ4n) is 2.76. The third-order valence-electron chi connectivity index (χ3n) is 4.42. The Morgan fingerprint density at radius 1 is 0.929 bits per heavy atom. The maximum Gasteiger partial charge on any atom is 0.213 e. The third-order valence-corrected chi connectivity index (χ3v) is 4.42. The Morgan fingerprint density at radius 3 is 2.46 bits per heavy atom. The van der Waals surface area contributed by atoms with Crippen LogP contribution in [-0.4, -0.2) is 18.0 Å². The van der Waals surface area contributed by atoms with Gasteiger partial charge in [0, 0.05) is 32.4 Å². The molecule has 2 aromatic carbocycles. The first-order chi connectivity index (χ1) is 13.7. The largest absolute Gasteiger partial charge is 0.473 e. The number of nitrogens with one attached hydrogen (secondary N) is 2. The van der Waals surface area contributed by atoms with E-state index in [9.17, 15) is 0 Å². The van der Waals surface area contributed by atoms with Crippen LogP contribution in [0, 0.1) is 6.92 Å². The number of nitrogens with zero attached hydrogens (tertiary/aromatic N) is 2. The van der Waals surface area contributed by atoms with Crippen molar-refractivity contribution in [2.75, 3.05) is 7.05 Å². The van der Waals surface area contributed by atoms with E-state index in [1.807, 2.05) is 54.6 Å². The van der Waals surface area contributed by atoms with Gasteiger partial charge < -0.3 is 15.4 Å². The quantitative estimate of drug-likeness (QED) is 0.487. The van der Waals surface area contributed by atoms with Gasteiger partial charge in [0.2, 0.25) is 5.88 Å². The van der Waals surface area contributed by atoms with Crippen molar-refractivity contribution in [3.63, 3.8) is 0 Å². The number of aryl methyl sites for hydroxylation is 1. The van der Waals surface area contributed by atoms with Crippen molar-refractivity contribution >= 4 is 5.96 Å². The molecule has 0 saturated carbocycles. The maximum atomic E-state index is 5.80. The van der Waals surface area contributed by atoms with E-state index in [2.05, 4.69) is 39.7 Å². The normalized spacial score (nSPS) is 11.1. The lowest BCUT2D eigenvalue weighted by atomic mass is 10.1. The van der Waals surface area contributed by atoms with E-state index in [1.165, 1.54) is 11.1 Å². The van der Waals surface area contributed by atoms with Gasteiger partial charge in [0.1, 0.15) is 6.61 Å². The number of guanidine groups is 1. The summed E-state index contributed by atoms with van der Waals surface area (Å²) in [5.41, 5.74) is 4.72. The Balaban J connectivity index is 1.51. The van der Waals surface area contributed by atoms with E-state index in [4.69, 9.17) is 4.74 Å². The Labute approximate surface area is 166 Å². The molecule has 0 spiro atoms. The van der Waals surface area contributed by atoms with Gasteiger partial charge in [0.05, 0.1) is 0 Å². The molecule has 0 unspecified atom stereocenters. The lowest BCUT2D eigenvalue weighted by Crippen LogP contribution is -2.36. The molecule has 1 aromatic heterocycles. The van der Waals surface area contributed by atoms with Gasteiger partial charge in [-0.05, 0) is 35.2 Å². The summed E-state index contributed by atoms with van der Waals surface area (Å²) in [6.07, 6.45) is 1.76. The average Bonchev–Trinajstić information content (AvgIpc) is 2.74. The van der Waals surface area contributed by atoms with Crippen LogP contribution in [0.25, 0.3) is 0 Å². The molecule has 2 N–H and O–H groups in total. The van der Waals surface area contributed by atoms with Gasteiger partial charge in [-0.15, -0.1) is 0 Å². The van der Waals surface area contributed by atoms with Gasteiger partial charge in [0.15, 0.2) is 5.96 Å². The van der Waals surface area contributed by atoms with Gasteiger partial charge in [-0.1, -0.05) is 54.6 Å². The summed E-state index contributed by atoms with van der Waals surface area (Å²) in [5, 5.41) is 6.68. The monoisotopic (exact) mass is 374 g/mol. The van der Waals surface area contributed by atoms with Crippen LogP contribution in [0.15, 0.2) is 77.9 Å². The van der Waals surface area contributed by atoms with Crippen LogP contribution in [0.3, 0.4) is 0 Å². The highest BCUT2D eigenvalue weighted by molar-refractivity contribution is 5.79. The molecule has 5 nitrogen and oxygen atoms in total. The van der Waals surface area contributed by atoms with Crippen molar-refractivity contribution in [2.24, 2.45) is 4.99 Å². The molecular weight excluding hydrogens is 348 g/mol. The molecule has 0 amide bonds. The Morgan fingerprint density at radius 2 is 1.68 bits per heavy atom. The number of benzene rings is 2. The molecule has 0 radical (unpaired) electrons. The minimum absolute atomic E-state index is 0.504. The highest BCUT2D eigenvalue weighted by atomic mass is 16.5. The molecule has 3 rings (SSSR count). The molecule has 0 bridgehead atoms. The highest BCUT2D eigenvalue weighted by Gasteiger charge is 2.03. The van der Waals surface area contributed by atoms with E-state index in [1.54, 1.807) is 13.2 Å². The predicted molar refractivity (Wildman–Crippen MR) is 113 cm³/mol. The van der Waals surface area contributed by atoms with Gasteiger partial charge in [0.25, 0.3) is 0 Å². The predicted octanol–water partition coefficient (Wildman–Crippen LogP) is 3.83. The van der Waals surface area contributed by atoms with Crippen molar-refractivity contribution in [1.82, 2.24) is 15.6 Å². The van der Waals surface area contributed by atoms with Crippen LogP contribution in [0.5, 0.6) is 5.88 Å². The Hall–Kier alpha value is -3.34. The van der Waals surface area contributed by atoms with E-state index >= 15 is 0 Å². The van der Waals surface area contributed by atoms with Gasteiger partial charge in [-0.3, -0.25) is 4.99 Å². The summed E-state index contributed by atoms with van der Waals surface area (Å²) in [6, 6.07) is 22.3. The molecule has 0 saturated heterocycles. The lowest BCUT2D eigenvalue weighted by molar-refractivity contribution is 0.293. The number of pyridine rings is 1. The fourth-order valence-corrected chi connectivity index (χ4v) is 2.76. The van der Waals surface area contributed by atoms with E-state index in [-0.39, 0.29) is 0 Å². The minimum Gasteiger partial charge on any atom is -0.473 e. The summed E-state index contributed by atoms with van der Waals surface area (Å²) < 4.78 is 5.80.